The van der Waals surface area contributed by atoms with Gasteiger partial charge in [0.1, 0.15) is 6.04 Å². The van der Waals surface area contributed by atoms with Crippen LogP contribution in [0.15, 0.2) is 18.2 Å². The van der Waals surface area contributed by atoms with Crippen LogP contribution in [0.25, 0.3) is 0 Å². The Balaban J connectivity index is 1.79. The van der Waals surface area contributed by atoms with Crippen molar-refractivity contribution in [2.75, 3.05) is 31.6 Å². The van der Waals surface area contributed by atoms with Gasteiger partial charge in [0.05, 0.1) is 0 Å². The van der Waals surface area contributed by atoms with Gasteiger partial charge >= 0.3 is 0 Å². The smallest absolute Gasteiger partial charge is 0.255 e. The van der Waals surface area contributed by atoms with Gasteiger partial charge in [-0.05, 0) is 44.2 Å². The summed E-state index contributed by atoms with van der Waals surface area (Å²) >= 11 is 0. The van der Waals surface area contributed by atoms with Crippen LogP contribution in [0.5, 0.6) is 0 Å². The van der Waals surface area contributed by atoms with Crippen LogP contribution in [0.4, 0.5) is 5.69 Å². The van der Waals surface area contributed by atoms with Crippen LogP contribution >= 0.6 is 0 Å². The molecule has 2 aliphatic rings. The summed E-state index contributed by atoms with van der Waals surface area (Å²) in [5.74, 6) is -0.771. The second-order valence-electron chi connectivity index (χ2n) is 6.42. The fourth-order valence-electron chi connectivity index (χ4n) is 3.47. The Morgan fingerprint density at radius 2 is 2.12 bits per heavy atom. The Bertz CT molecular complexity index is 704. The van der Waals surface area contributed by atoms with Crippen molar-refractivity contribution < 1.29 is 14.4 Å². The number of likely N-dealkylation sites (N-methyl/N-ethyl adjacent to an activating group) is 2. The van der Waals surface area contributed by atoms with Gasteiger partial charge in [0.25, 0.3) is 5.91 Å². The second kappa shape index (κ2) is 7.23. The van der Waals surface area contributed by atoms with Gasteiger partial charge in [-0.2, -0.15) is 0 Å². The lowest BCUT2D eigenvalue weighted by Gasteiger charge is -2.29. The van der Waals surface area contributed by atoms with Gasteiger partial charge in [-0.1, -0.05) is 0 Å². The van der Waals surface area contributed by atoms with E-state index in [1.807, 2.05) is 25.2 Å². The summed E-state index contributed by atoms with van der Waals surface area (Å²) in [5.41, 5.74) is 2.67. The van der Waals surface area contributed by atoms with E-state index in [1.54, 1.807) is 4.90 Å². The molecule has 1 unspecified atom stereocenters. The first kappa shape index (κ1) is 17.4. The standard InChI is InChI=1S/C18H24N4O3/c1-3-21(9-8-19-2)13-4-5-14-12(10-13)11-22(18(14)25)15-6-7-16(23)20-17(15)24/h4-5,10,15,19H,3,6-9,11H2,1-2H3,(H,20,23,24). The maximum atomic E-state index is 12.7. The number of nitrogens with zero attached hydrogens (tertiary/aromatic N) is 2. The van der Waals surface area contributed by atoms with Crippen molar-refractivity contribution in [3.8, 4) is 0 Å². The Morgan fingerprint density at radius 3 is 2.80 bits per heavy atom. The van der Waals surface area contributed by atoms with E-state index in [4.69, 9.17) is 0 Å². The number of hydrogen-bond donors (Lipinski definition) is 2. The van der Waals surface area contributed by atoms with E-state index in [9.17, 15) is 14.4 Å². The molecule has 7 heteroatoms. The molecule has 1 fully saturated rings. The van der Waals surface area contributed by atoms with Gasteiger partial charge < -0.3 is 15.1 Å². The van der Waals surface area contributed by atoms with Crippen molar-refractivity contribution in [2.45, 2.75) is 32.4 Å². The molecule has 1 aromatic carbocycles. The van der Waals surface area contributed by atoms with E-state index in [0.29, 0.717) is 18.5 Å². The molecule has 0 radical (unpaired) electrons. The fourth-order valence-corrected chi connectivity index (χ4v) is 3.47. The van der Waals surface area contributed by atoms with Crippen LogP contribution in [-0.2, 0) is 16.1 Å². The number of rotatable bonds is 6. The van der Waals surface area contributed by atoms with Gasteiger partial charge in [-0.25, -0.2) is 0 Å². The van der Waals surface area contributed by atoms with Crippen LogP contribution in [0, 0.1) is 0 Å². The molecule has 0 aliphatic carbocycles. The average Bonchev–Trinajstić information content (AvgIpc) is 2.92. The first-order valence-electron chi connectivity index (χ1n) is 8.72. The molecule has 1 atom stereocenters. The minimum atomic E-state index is -0.562. The molecular formula is C18H24N4O3. The molecule has 25 heavy (non-hydrogen) atoms. The molecule has 3 amide bonds. The topological polar surface area (TPSA) is 81.8 Å². The van der Waals surface area contributed by atoms with E-state index in [0.717, 1.165) is 30.9 Å². The number of piperidine rings is 1. The Kier molecular flexibility index (Phi) is 5.03. The van der Waals surface area contributed by atoms with Crippen LogP contribution in [0.1, 0.15) is 35.7 Å². The summed E-state index contributed by atoms with van der Waals surface area (Å²) in [6.45, 7) is 5.16. The molecular weight excluding hydrogens is 320 g/mol. The Labute approximate surface area is 147 Å². The number of carbonyl (C=O) groups is 3. The normalized spacial score (nSPS) is 19.8. The third kappa shape index (κ3) is 3.37. The van der Waals surface area contributed by atoms with E-state index < -0.39 is 6.04 Å². The van der Waals surface area contributed by atoms with Crippen LogP contribution in [0.2, 0.25) is 0 Å². The summed E-state index contributed by atoms with van der Waals surface area (Å²) < 4.78 is 0. The molecule has 0 aromatic heterocycles. The molecule has 2 aliphatic heterocycles. The number of fused-ring (bicyclic) bond motifs is 1. The minimum Gasteiger partial charge on any atom is -0.371 e. The maximum absolute atomic E-state index is 12.7. The summed E-state index contributed by atoms with van der Waals surface area (Å²) in [5, 5.41) is 5.47. The van der Waals surface area contributed by atoms with E-state index in [-0.39, 0.29) is 24.1 Å². The molecule has 0 spiro atoms. The van der Waals surface area contributed by atoms with Crippen LogP contribution < -0.4 is 15.5 Å². The zero-order valence-corrected chi connectivity index (χ0v) is 14.7. The highest BCUT2D eigenvalue weighted by Crippen LogP contribution is 2.30. The molecule has 1 saturated heterocycles. The molecule has 0 bridgehead atoms. The maximum Gasteiger partial charge on any atom is 0.255 e. The van der Waals surface area contributed by atoms with Crippen molar-refractivity contribution in [1.29, 1.82) is 0 Å². The largest absolute Gasteiger partial charge is 0.371 e. The predicted molar refractivity (Wildman–Crippen MR) is 94.3 cm³/mol. The first-order chi connectivity index (χ1) is 12.0. The lowest BCUT2D eigenvalue weighted by atomic mass is 10.0. The summed E-state index contributed by atoms with van der Waals surface area (Å²) in [7, 11) is 1.92. The van der Waals surface area contributed by atoms with Crippen molar-refractivity contribution in [2.24, 2.45) is 0 Å². The van der Waals surface area contributed by atoms with Crippen molar-refractivity contribution >= 4 is 23.4 Å². The highest BCUT2D eigenvalue weighted by molar-refractivity contribution is 6.05. The third-order valence-electron chi connectivity index (χ3n) is 4.89. The van der Waals surface area contributed by atoms with Gasteiger partial charge in [-0.15, -0.1) is 0 Å². The third-order valence-corrected chi connectivity index (χ3v) is 4.89. The zero-order chi connectivity index (χ0) is 18.0. The number of amides is 3. The number of hydrogen-bond acceptors (Lipinski definition) is 5. The van der Waals surface area contributed by atoms with Crippen LogP contribution in [-0.4, -0.2) is 55.3 Å². The second-order valence-corrected chi connectivity index (χ2v) is 6.42. The number of nitrogens with one attached hydrogen (secondary N) is 2. The van der Waals surface area contributed by atoms with E-state index in [1.165, 1.54) is 0 Å². The van der Waals surface area contributed by atoms with Gasteiger partial charge in [0.2, 0.25) is 11.8 Å². The van der Waals surface area contributed by atoms with E-state index in [2.05, 4.69) is 22.5 Å². The lowest BCUT2D eigenvalue weighted by Crippen LogP contribution is -2.52. The molecule has 2 N–H and O–H groups in total. The Hall–Kier alpha value is -2.41. The monoisotopic (exact) mass is 344 g/mol. The van der Waals surface area contributed by atoms with Gasteiger partial charge in [0.15, 0.2) is 0 Å². The molecule has 7 nitrogen and oxygen atoms in total. The zero-order valence-electron chi connectivity index (χ0n) is 14.7. The minimum absolute atomic E-state index is 0.130. The van der Waals surface area contributed by atoms with Crippen molar-refractivity contribution in [3.05, 3.63) is 29.3 Å². The highest BCUT2D eigenvalue weighted by atomic mass is 16.2. The number of carbonyl (C=O) groups excluding carboxylic acids is 3. The molecule has 134 valence electrons. The lowest BCUT2D eigenvalue weighted by molar-refractivity contribution is -0.136. The summed E-state index contributed by atoms with van der Waals surface area (Å²) in [4.78, 5) is 39.9. The van der Waals surface area contributed by atoms with Crippen molar-refractivity contribution in [3.63, 3.8) is 0 Å². The fraction of sp³-hybridized carbons (Fsp3) is 0.500. The van der Waals surface area contributed by atoms with Crippen LogP contribution in [0.3, 0.4) is 0 Å². The average molecular weight is 344 g/mol. The van der Waals surface area contributed by atoms with Gasteiger partial charge in [-0.3, -0.25) is 19.7 Å². The molecule has 0 saturated carbocycles. The van der Waals surface area contributed by atoms with Crippen molar-refractivity contribution in [1.82, 2.24) is 15.5 Å². The number of anilines is 1. The predicted octanol–water partition coefficient (Wildman–Crippen LogP) is 0.493. The van der Waals surface area contributed by atoms with E-state index >= 15 is 0 Å². The Morgan fingerprint density at radius 1 is 1.32 bits per heavy atom. The molecule has 3 rings (SSSR count). The number of benzene rings is 1. The van der Waals surface area contributed by atoms with Gasteiger partial charge in [0, 0.05) is 43.9 Å². The molecule has 2 heterocycles. The summed E-state index contributed by atoms with van der Waals surface area (Å²) in [6.07, 6.45) is 0.663. The number of imide groups is 1. The molecule has 1 aromatic rings. The quantitative estimate of drug-likeness (QED) is 0.734. The first-order valence-corrected chi connectivity index (χ1v) is 8.72. The summed E-state index contributed by atoms with van der Waals surface area (Å²) in [6, 6.07) is 5.29. The SMILES string of the molecule is CCN(CCNC)c1ccc2c(c1)CN(C1CCC(=O)NC1=O)C2=O. The highest BCUT2D eigenvalue weighted by Gasteiger charge is 2.39.